The largest absolute Gasteiger partial charge is 0.439 e. The molecule has 2 N–H and O–H groups in total. The van der Waals surface area contributed by atoms with Gasteiger partial charge < -0.3 is 14.9 Å². The van der Waals surface area contributed by atoms with Crippen LogP contribution in [0.2, 0.25) is 0 Å². The molecule has 0 amide bonds. The van der Waals surface area contributed by atoms with E-state index in [0.717, 1.165) is 6.92 Å². The van der Waals surface area contributed by atoms with E-state index in [1.165, 1.54) is 12.1 Å². The van der Waals surface area contributed by atoms with E-state index < -0.39 is 9.77 Å². The summed E-state index contributed by atoms with van der Waals surface area (Å²) in [5, 5.41) is 18.1. The fraction of sp³-hybridized carbons (Fsp3) is 0.333. The number of alkyl halides is 3. The second-order valence-electron chi connectivity index (χ2n) is 3.03. The molecule has 0 unspecified atom stereocenters. The van der Waals surface area contributed by atoms with Crippen LogP contribution in [-0.4, -0.2) is 16.2 Å². The minimum Gasteiger partial charge on any atom is -0.439 e. The van der Waals surface area contributed by atoms with Gasteiger partial charge in [-0.05, 0) is 6.07 Å². The van der Waals surface area contributed by atoms with Crippen molar-refractivity contribution in [2.75, 3.05) is 0 Å². The van der Waals surface area contributed by atoms with Crippen LogP contribution in [0.3, 0.4) is 0 Å². The summed E-state index contributed by atoms with van der Waals surface area (Å²) in [6.45, 7) is 1.06. The first-order valence-electron chi connectivity index (χ1n) is 4.00. The van der Waals surface area contributed by atoms with Gasteiger partial charge in [0.05, 0.1) is 0 Å². The topological polar surface area (TPSA) is 49.7 Å². The predicted molar refractivity (Wildman–Crippen MR) is 59.1 cm³/mol. The minimum absolute atomic E-state index is 0.102. The first-order chi connectivity index (χ1) is 6.70. The maximum absolute atomic E-state index is 9.07. The van der Waals surface area contributed by atoms with Gasteiger partial charge in [-0.3, -0.25) is 0 Å². The van der Waals surface area contributed by atoms with Crippen LogP contribution in [0, 0.1) is 0 Å². The van der Waals surface area contributed by atoms with E-state index in [-0.39, 0.29) is 11.3 Å². The Morgan fingerprint density at radius 3 is 2.13 bits per heavy atom. The Hall–Kier alpha value is -0.190. The average molecular weight is 272 g/mol. The van der Waals surface area contributed by atoms with Crippen molar-refractivity contribution in [1.82, 2.24) is 0 Å². The third kappa shape index (κ3) is 4.05. The van der Waals surface area contributed by atoms with Gasteiger partial charge in [0.15, 0.2) is 0 Å². The van der Waals surface area contributed by atoms with Gasteiger partial charge in [-0.15, -0.1) is 0 Å². The van der Waals surface area contributed by atoms with Crippen molar-refractivity contribution < 1.29 is 14.9 Å². The molecule has 0 bridgehead atoms. The zero-order valence-electron chi connectivity index (χ0n) is 7.75. The van der Waals surface area contributed by atoms with Gasteiger partial charge in [-0.25, -0.2) is 0 Å². The highest BCUT2D eigenvalue weighted by atomic mass is 35.6. The summed E-state index contributed by atoms with van der Waals surface area (Å²) in [5.41, 5.74) is 0.240. The number of aliphatic hydroxyl groups is 2. The first kappa shape index (κ1) is 12.9. The van der Waals surface area contributed by atoms with E-state index >= 15 is 0 Å². The van der Waals surface area contributed by atoms with Crippen LogP contribution in [0.25, 0.3) is 0 Å². The number of benzene rings is 1. The molecule has 1 aromatic carbocycles. The molecule has 0 radical (unpaired) electrons. The predicted octanol–water partition coefficient (Wildman–Crippen LogP) is 2.55. The number of ether oxygens (including phenoxy) is 1. The summed E-state index contributed by atoms with van der Waals surface area (Å²) in [5.74, 6) is -2.21. The van der Waals surface area contributed by atoms with Gasteiger partial charge in [0.2, 0.25) is 3.79 Å². The minimum atomic E-state index is -2.31. The molecular formula is C9H9Cl3O3. The van der Waals surface area contributed by atoms with Crippen LogP contribution in [0.5, 0.6) is 5.75 Å². The number of halogens is 3. The van der Waals surface area contributed by atoms with Gasteiger partial charge >= 0.3 is 5.97 Å². The summed E-state index contributed by atoms with van der Waals surface area (Å²) in [4.78, 5) is 0. The summed E-state index contributed by atoms with van der Waals surface area (Å²) in [6, 6.07) is 6.27. The molecule has 0 fully saturated rings. The summed E-state index contributed by atoms with van der Waals surface area (Å²) < 4.78 is 3.14. The molecule has 0 saturated heterocycles. The van der Waals surface area contributed by atoms with Gasteiger partial charge in [-0.2, -0.15) is 0 Å². The second kappa shape index (κ2) is 4.36. The highest BCUT2D eigenvalue weighted by Crippen LogP contribution is 2.43. The summed E-state index contributed by atoms with van der Waals surface area (Å²) in [6.07, 6.45) is 0. The van der Waals surface area contributed by atoms with E-state index in [9.17, 15) is 0 Å². The molecule has 84 valence electrons. The van der Waals surface area contributed by atoms with Crippen LogP contribution in [0.4, 0.5) is 0 Å². The molecule has 0 heterocycles. The van der Waals surface area contributed by atoms with Crippen LogP contribution < -0.4 is 4.74 Å². The molecule has 0 saturated carbocycles. The lowest BCUT2D eigenvalue weighted by atomic mass is 10.2. The maximum Gasteiger partial charge on any atom is 0.318 e. The zero-order chi connectivity index (χ0) is 11.7. The van der Waals surface area contributed by atoms with Gasteiger partial charge in [0.25, 0.3) is 0 Å². The van der Waals surface area contributed by atoms with E-state index in [4.69, 9.17) is 49.8 Å². The molecule has 3 nitrogen and oxygen atoms in total. The molecule has 1 aromatic rings. The van der Waals surface area contributed by atoms with E-state index in [0.29, 0.717) is 0 Å². The molecule has 0 aliphatic heterocycles. The van der Waals surface area contributed by atoms with Crippen molar-refractivity contribution in [3.63, 3.8) is 0 Å². The third-order valence-corrected chi connectivity index (χ3v) is 2.11. The Balaban J connectivity index is 3.08. The van der Waals surface area contributed by atoms with Crippen molar-refractivity contribution in [2.45, 2.75) is 16.7 Å². The molecule has 0 aliphatic rings. The van der Waals surface area contributed by atoms with Gasteiger partial charge in [0, 0.05) is 12.5 Å². The lowest BCUT2D eigenvalue weighted by Gasteiger charge is -2.22. The molecule has 1 rings (SSSR count). The maximum atomic E-state index is 9.07. The van der Waals surface area contributed by atoms with Crippen molar-refractivity contribution >= 4 is 34.8 Å². The van der Waals surface area contributed by atoms with E-state index in [1.54, 1.807) is 12.1 Å². The van der Waals surface area contributed by atoms with Crippen molar-refractivity contribution in [2.24, 2.45) is 0 Å². The van der Waals surface area contributed by atoms with Crippen LogP contribution >= 0.6 is 34.8 Å². The van der Waals surface area contributed by atoms with Crippen LogP contribution in [0.1, 0.15) is 12.5 Å². The summed E-state index contributed by atoms with van der Waals surface area (Å²) >= 11 is 17.0. The van der Waals surface area contributed by atoms with Crippen molar-refractivity contribution in [3.8, 4) is 5.75 Å². The number of hydrogen-bond acceptors (Lipinski definition) is 3. The van der Waals surface area contributed by atoms with Crippen molar-refractivity contribution in [1.29, 1.82) is 0 Å². The third-order valence-electron chi connectivity index (χ3n) is 1.50. The lowest BCUT2D eigenvalue weighted by Crippen LogP contribution is -2.31. The quantitative estimate of drug-likeness (QED) is 0.642. The van der Waals surface area contributed by atoms with Crippen molar-refractivity contribution in [3.05, 3.63) is 29.8 Å². The van der Waals surface area contributed by atoms with Gasteiger partial charge in [0.1, 0.15) is 5.75 Å². The summed E-state index contributed by atoms with van der Waals surface area (Å²) in [7, 11) is 0. The first-order valence-corrected chi connectivity index (χ1v) is 5.13. The molecular weight excluding hydrogens is 262 g/mol. The van der Waals surface area contributed by atoms with E-state index in [2.05, 4.69) is 0 Å². The smallest absolute Gasteiger partial charge is 0.318 e. The standard InChI is InChI=1S/C9H9Cl3O3/c1-8(13,14)15-7-5-3-2-4-6(7)9(10,11)12/h2-5,13-14H,1H3. The number of para-hydroxylation sites is 1. The molecule has 0 spiro atoms. The van der Waals surface area contributed by atoms with E-state index in [1.807, 2.05) is 0 Å². The van der Waals surface area contributed by atoms with Gasteiger partial charge in [-0.1, -0.05) is 53.0 Å². The molecule has 15 heavy (non-hydrogen) atoms. The molecule has 6 heteroatoms. The average Bonchev–Trinajstić information content (AvgIpc) is 1.99. The highest BCUT2D eigenvalue weighted by molar-refractivity contribution is 6.66. The zero-order valence-corrected chi connectivity index (χ0v) is 10.0. The fourth-order valence-corrected chi connectivity index (χ4v) is 1.47. The number of hydrogen-bond donors (Lipinski definition) is 2. The van der Waals surface area contributed by atoms with Crippen LogP contribution in [0.15, 0.2) is 24.3 Å². The molecule has 0 aliphatic carbocycles. The Morgan fingerprint density at radius 2 is 1.67 bits per heavy atom. The molecule has 0 aromatic heterocycles. The Kier molecular flexibility index (Phi) is 3.74. The number of rotatable bonds is 2. The normalized spacial score (nSPS) is 12.7. The second-order valence-corrected chi connectivity index (χ2v) is 5.31. The lowest BCUT2D eigenvalue weighted by molar-refractivity contribution is -0.278. The fourth-order valence-electron chi connectivity index (χ4n) is 0.998. The SMILES string of the molecule is CC(O)(O)Oc1ccccc1C(Cl)(Cl)Cl. The van der Waals surface area contributed by atoms with Crippen LogP contribution in [-0.2, 0) is 3.79 Å². The Morgan fingerprint density at radius 1 is 1.13 bits per heavy atom. The Labute approximate surface area is 102 Å². The Bertz CT molecular complexity index is 341. The highest BCUT2D eigenvalue weighted by Gasteiger charge is 2.29. The monoisotopic (exact) mass is 270 g/mol. The molecule has 0 atom stereocenters.